The van der Waals surface area contributed by atoms with E-state index in [1.165, 1.54) is 148 Å². The van der Waals surface area contributed by atoms with Crippen molar-refractivity contribution in [2.75, 3.05) is 92.5 Å². The Morgan fingerprint density at radius 2 is 0.312 bits per heavy atom. The van der Waals surface area contributed by atoms with Crippen molar-refractivity contribution in [3.8, 4) is 0 Å². The van der Waals surface area contributed by atoms with Gasteiger partial charge in [0.25, 0.3) is 0 Å². The number of hydrogen-bond acceptors (Lipinski definition) is 7. The molecule has 0 aliphatic rings. The quantitative estimate of drug-likeness (QED) is 0.0590. The van der Waals surface area contributed by atoms with E-state index in [9.17, 15) is 0 Å². The van der Waals surface area contributed by atoms with Gasteiger partial charge in [-0.2, -0.15) is 0 Å². The summed E-state index contributed by atoms with van der Waals surface area (Å²) in [6.07, 6.45) is 34.4. The fourth-order valence-corrected chi connectivity index (χ4v) is 5.69. The molecule has 0 radical (unpaired) electrons. The third kappa shape index (κ3) is 45.7. The van der Waals surface area contributed by atoms with Gasteiger partial charge in [-0.3, -0.25) is 0 Å². The smallest absolute Gasteiger partial charge is 0.0701 e. The van der Waals surface area contributed by atoms with Gasteiger partial charge in [-0.15, -0.1) is 0 Å². The average Bonchev–Trinajstić information content (AvgIpc) is 3.10. The van der Waals surface area contributed by atoms with E-state index >= 15 is 0 Å². The molecule has 0 atom stereocenters. The van der Waals surface area contributed by atoms with Crippen LogP contribution in [0.2, 0.25) is 0 Å². The first-order valence-electron chi connectivity index (χ1n) is 21.0. The van der Waals surface area contributed by atoms with Crippen molar-refractivity contribution < 1.29 is 33.2 Å². The highest BCUT2D eigenvalue weighted by Crippen LogP contribution is 2.13. The van der Waals surface area contributed by atoms with Crippen LogP contribution in [0.4, 0.5) is 0 Å². The molecular weight excluding hydrogens is 604 g/mol. The Bertz CT molecular complexity index is 491. The molecule has 0 spiro atoms. The lowest BCUT2D eigenvalue weighted by atomic mass is 10.0. The van der Waals surface area contributed by atoms with Crippen LogP contribution >= 0.6 is 0 Å². The van der Waals surface area contributed by atoms with Gasteiger partial charge in [0.1, 0.15) is 0 Å². The summed E-state index contributed by atoms with van der Waals surface area (Å²) in [6, 6.07) is 0. The zero-order valence-electron chi connectivity index (χ0n) is 32.4. The average molecular weight is 689 g/mol. The SMILES string of the molecule is CCCCCCCCCCCCCCCCOCCOCCOCCOCCOCCOCCOCCCCCCCCCCCCC. The molecule has 0 unspecified atom stereocenters. The molecule has 48 heavy (non-hydrogen) atoms. The molecule has 0 aromatic carbocycles. The summed E-state index contributed by atoms with van der Waals surface area (Å²) in [5.41, 5.74) is 0. The molecular formula is C41H84O7. The first-order valence-corrected chi connectivity index (χ1v) is 21.0. The highest BCUT2D eigenvalue weighted by Gasteiger charge is 1.98. The lowest BCUT2D eigenvalue weighted by molar-refractivity contribution is -0.0206. The summed E-state index contributed by atoms with van der Waals surface area (Å²) < 4.78 is 39.2. The van der Waals surface area contributed by atoms with Crippen molar-refractivity contribution in [1.82, 2.24) is 0 Å². The number of rotatable bonds is 45. The van der Waals surface area contributed by atoms with Crippen LogP contribution in [0, 0.1) is 0 Å². The minimum atomic E-state index is 0.568. The minimum Gasteiger partial charge on any atom is -0.379 e. The molecule has 7 nitrogen and oxygen atoms in total. The van der Waals surface area contributed by atoms with E-state index in [0.29, 0.717) is 79.3 Å². The topological polar surface area (TPSA) is 64.6 Å². The van der Waals surface area contributed by atoms with Crippen LogP contribution in [0.25, 0.3) is 0 Å². The third-order valence-electron chi connectivity index (χ3n) is 8.77. The van der Waals surface area contributed by atoms with Crippen molar-refractivity contribution in [2.24, 2.45) is 0 Å². The van der Waals surface area contributed by atoms with Crippen LogP contribution in [-0.4, -0.2) is 92.5 Å². The van der Waals surface area contributed by atoms with Gasteiger partial charge in [0.05, 0.1) is 79.3 Å². The summed E-state index contributed by atoms with van der Waals surface area (Å²) in [5, 5.41) is 0. The molecule has 290 valence electrons. The normalized spacial score (nSPS) is 11.6. The molecule has 0 aliphatic heterocycles. The van der Waals surface area contributed by atoms with Gasteiger partial charge in [0, 0.05) is 13.2 Å². The van der Waals surface area contributed by atoms with Crippen LogP contribution in [0.1, 0.15) is 174 Å². The first kappa shape index (κ1) is 47.7. The van der Waals surface area contributed by atoms with E-state index in [1.54, 1.807) is 0 Å². The van der Waals surface area contributed by atoms with Gasteiger partial charge >= 0.3 is 0 Å². The van der Waals surface area contributed by atoms with Gasteiger partial charge < -0.3 is 33.2 Å². The monoisotopic (exact) mass is 689 g/mol. The second-order valence-corrected chi connectivity index (χ2v) is 13.4. The molecule has 0 heterocycles. The summed E-state index contributed by atoms with van der Waals surface area (Å²) in [4.78, 5) is 0. The zero-order chi connectivity index (χ0) is 34.5. The molecule has 0 amide bonds. The van der Waals surface area contributed by atoms with Crippen molar-refractivity contribution >= 4 is 0 Å². The second kappa shape index (κ2) is 46.7. The lowest BCUT2D eigenvalue weighted by Crippen LogP contribution is -2.14. The van der Waals surface area contributed by atoms with Crippen molar-refractivity contribution in [3.05, 3.63) is 0 Å². The predicted molar refractivity (Wildman–Crippen MR) is 203 cm³/mol. The van der Waals surface area contributed by atoms with Crippen LogP contribution in [0.15, 0.2) is 0 Å². The maximum Gasteiger partial charge on any atom is 0.0701 e. The highest BCUT2D eigenvalue weighted by molar-refractivity contribution is 4.50. The highest BCUT2D eigenvalue weighted by atomic mass is 16.6. The third-order valence-corrected chi connectivity index (χ3v) is 8.77. The Labute approximate surface area is 299 Å². The summed E-state index contributed by atoms with van der Waals surface area (Å²) in [6.45, 7) is 13.5. The van der Waals surface area contributed by atoms with Crippen LogP contribution in [0.3, 0.4) is 0 Å². The van der Waals surface area contributed by atoms with E-state index < -0.39 is 0 Å². The molecule has 0 rings (SSSR count). The maximum absolute atomic E-state index is 5.69. The Balaban J connectivity index is 3.04. The molecule has 0 saturated carbocycles. The molecule has 0 bridgehead atoms. The molecule has 0 aromatic heterocycles. The number of unbranched alkanes of at least 4 members (excludes halogenated alkanes) is 23. The van der Waals surface area contributed by atoms with E-state index in [2.05, 4.69) is 13.8 Å². The van der Waals surface area contributed by atoms with Crippen LogP contribution in [-0.2, 0) is 33.2 Å². The summed E-state index contributed by atoms with van der Waals surface area (Å²) >= 11 is 0. The van der Waals surface area contributed by atoms with E-state index in [0.717, 1.165) is 26.1 Å². The minimum absolute atomic E-state index is 0.568. The van der Waals surface area contributed by atoms with Crippen LogP contribution < -0.4 is 0 Å². The first-order chi connectivity index (χ1) is 23.9. The van der Waals surface area contributed by atoms with Gasteiger partial charge in [0.15, 0.2) is 0 Å². The standard InChI is InChI=1S/C41H84O7/c1-3-5-7-9-11-13-15-16-17-19-21-23-25-27-29-43-31-33-45-35-37-47-39-41-48-40-38-46-36-34-44-32-30-42-28-26-24-22-20-18-14-12-10-8-6-4-2/h3-41H2,1-2H3. The Kier molecular flexibility index (Phi) is 46.4. The van der Waals surface area contributed by atoms with Crippen LogP contribution in [0.5, 0.6) is 0 Å². The van der Waals surface area contributed by atoms with Crippen molar-refractivity contribution in [2.45, 2.75) is 174 Å². The molecule has 7 heteroatoms. The molecule has 0 fully saturated rings. The maximum atomic E-state index is 5.69. The zero-order valence-corrected chi connectivity index (χ0v) is 32.4. The van der Waals surface area contributed by atoms with E-state index in [1.807, 2.05) is 0 Å². The van der Waals surface area contributed by atoms with Crippen molar-refractivity contribution in [3.63, 3.8) is 0 Å². The van der Waals surface area contributed by atoms with Gasteiger partial charge in [-0.1, -0.05) is 162 Å². The van der Waals surface area contributed by atoms with E-state index in [4.69, 9.17) is 33.2 Å². The van der Waals surface area contributed by atoms with Gasteiger partial charge in [0.2, 0.25) is 0 Å². The summed E-state index contributed by atoms with van der Waals surface area (Å²) in [7, 11) is 0. The molecule has 0 aromatic rings. The second-order valence-electron chi connectivity index (χ2n) is 13.4. The Morgan fingerprint density at radius 1 is 0.167 bits per heavy atom. The fourth-order valence-electron chi connectivity index (χ4n) is 5.69. The molecule has 0 N–H and O–H groups in total. The Hall–Kier alpha value is -0.280. The van der Waals surface area contributed by atoms with Crippen molar-refractivity contribution in [1.29, 1.82) is 0 Å². The fraction of sp³-hybridized carbons (Fsp3) is 1.00. The predicted octanol–water partition coefficient (Wildman–Crippen LogP) is 10.9. The lowest BCUT2D eigenvalue weighted by Gasteiger charge is -2.08. The Morgan fingerprint density at radius 3 is 0.500 bits per heavy atom. The summed E-state index contributed by atoms with van der Waals surface area (Å²) in [5.74, 6) is 0. The van der Waals surface area contributed by atoms with E-state index in [-0.39, 0.29) is 0 Å². The molecule has 0 aliphatic carbocycles. The number of ether oxygens (including phenoxy) is 7. The molecule has 0 saturated heterocycles. The van der Waals surface area contributed by atoms with Gasteiger partial charge in [-0.05, 0) is 12.8 Å². The van der Waals surface area contributed by atoms with Gasteiger partial charge in [-0.25, -0.2) is 0 Å². The largest absolute Gasteiger partial charge is 0.379 e. The number of hydrogen-bond donors (Lipinski definition) is 0.